The molecule has 1 N–H and O–H groups in total. The fraction of sp³-hybridized carbons (Fsp3) is 0.529. The van der Waals surface area contributed by atoms with Gasteiger partial charge in [0.2, 0.25) is 5.91 Å². The Hall–Kier alpha value is -1.88. The topological polar surface area (TPSA) is 66.8 Å². The van der Waals surface area contributed by atoms with E-state index in [9.17, 15) is 14.7 Å². The highest BCUT2D eigenvalue weighted by molar-refractivity contribution is 5.89. The first-order chi connectivity index (χ1) is 10.7. The molecular weight excluding hydrogens is 282 g/mol. The summed E-state index contributed by atoms with van der Waals surface area (Å²) in [4.78, 5) is 25.7. The SMILES string of the molecule is O=C(O)c1ccccc1CCC(=O)N1CCOC[C@@H]1C1CC1. The highest BCUT2D eigenvalue weighted by Gasteiger charge is 2.38. The minimum Gasteiger partial charge on any atom is -0.478 e. The van der Waals surface area contributed by atoms with Crippen LogP contribution in [0.25, 0.3) is 0 Å². The van der Waals surface area contributed by atoms with E-state index in [0.717, 1.165) is 5.56 Å². The zero-order valence-corrected chi connectivity index (χ0v) is 12.5. The number of aromatic carboxylic acids is 1. The molecule has 2 fully saturated rings. The van der Waals surface area contributed by atoms with E-state index >= 15 is 0 Å². The molecule has 22 heavy (non-hydrogen) atoms. The van der Waals surface area contributed by atoms with Gasteiger partial charge in [-0.05, 0) is 36.8 Å². The molecular formula is C17H21NO4. The highest BCUT2D eigenvalue weighted by atomic mass is 16.5. The van der Waals surface area contributed by atoms with Crippen molar-refractivity contribution in [1.29, 1.82) is 0 Å². The first-order valence-corrected chi connectivity index (χ1v) is 7.85. The second kappa shape index (κ2) is 6.48. The average molecular weight is 303 g/mol. The highest BCUT2D eigenvalue weighted by Crippen LogP contribution is 2.36. The van der Waals surface area contributed by atoms with Crippen LogP contribution in [0.15, 0.2) is 24.3 Å². The van der Waals surface area contributed by atoms with Gasteiger partial charge in [0.25, 0.3) is 0 Å². The molecule has 1 saturated carbocycles. The predicted octanol–water partition coefficient (Wildman–Crippen LogP) is 1.95. The number of nitrogens with zero attached hydrogens (tertiary/aromatic N) is 1. The molecule has 1 amide bonds. The van der Waals surface area contributed by atoms with Crippen LogP contribution in [0.5, 0.6) is 0 Å². The van der Waals surface area contributed by atoms with E-state index in [-0.39, 0.29) is 17.5 Å². The molecule has 1 saturated heterocycles. The first-order valence-electron chi connectivity index (χ1n) is 7.85. The number of aryl methyl sites for hydroxylation is 1. The lowest BCUT2D eigenvalue weighted by Gasteiger charge is -2.36. The van der Waals surface area contributed by atoms with E-state index in [1.54, 1.807) is 18.2 Å². The molecule has 1 aromatic rings. The Bertz CT molecular complexity index is 568. The van der Waals surface area contributed by atoms with Crippen molar-refractivity contribution in [1.82, 2.24) is 4.90 Å². The number of carboxylic acid groups (broad SMARTS) is 1. The molecule has 0 radical (unpaired) electrons. The van der Waals surface area contributed by atoms with Crippen LogP contribution in [0, 0.1) is 5.92 Å². The van der Waals surface area contributed by atoms with Gasteiger partial charge in [-0.15, -0.1) is 0 Å². The summed E-state index contributed by atoms with van der Waals surface area (Å²) in [6.07, 6.45) is 3.18. The number of carbonyl (C=O) groups excluding carboxylic acids is 1. The number of benzene rings is 1. The van der Waals surface area contributed by atoms with Crippen molar-refractivity contribution in [3.63, 3.8) is 0 Å². The lowest BCUT2D eigenvalue weighted by atomic mass is 10.0. The third-order valence-corrected chi connectivity index (χ3v) is 4.51. The van der Waals surface area contributed by atoms with Crippen LogP contribution in [0.2, 0.25) is 0 Å². The maximum atomic E-state index is 12.5. The summed E-state index contributed by atoms with van der Waals surface area (Å²) in [5.74, 6) is -0.235. The van der Waals surface area contributed by atoms with Gasteiger partial charge in [-0.1, -0.05) is 18.2 Å². The van der Waals surface area contributed by atoms with E-state index < -0.39 is 5.97 Å². The lowest BCUT2D eigenvalue weighted by molar-refractivity contribution is -0.140. The maximum absolute atomic E-state index is 12.5. The molecule has 5 heteroatoms. The van der Waals surface area contributed by atoms with Crippen LogP contribution in [-0.2, 0) is 16.0 Å². The number of carboxylic acids is 1. The van der Waals surface area contributed by atoms with E-state index in [4.69, 9.17) is 4.74 Å². The minimum atomic E-state index is -0.940. The molecule has 0 bridgehead atoms. The number of morpholine rings is 1. The van der Waals surface area contributed by atoms with Gasteiger partial charge in [-0.25, -0.2) is 4.79 Å². The molecule has 0 unspecified atom stereocenters. The lowest BCUT2D eigenvalue weighted by Crippen LogP contribution is -2.49. The average Bonchev–Trinajstić information content (AvgIpc) is 3.37. The Labute approximate surface area is 129 Å². The number of hydrogen-bond donors (Lipinski definition) is 1. The summed E-state index contributed by atoms with van der Waals surface area (Å²) in [6, 6.07) is 7.11. The van der Waals surface area contributed by atoms with E-state index in [1.807, 2.05) is 11.0 Å². The molecule has 0 spiro atoms. The monoisotopic (exact) mass is 303 g/mol. The summed E-state index contributed by atoms with van der Waals surface area (Å²) < 4.78 is 5.51. The van der Waals surface area contributed by atoms with E-state index in [0.29, 0.717) is 38.5 Å². The zero-order chi connectivity index (χ0) is 15.5. The second-order valence-corrected chi connectivity index (χ2v) is 6.03. The largest absolute Gasteiger partial charge is 0.478 e. The predicted molar refractivity (Wildman–Crippen MR) is 80.8 cm³/mol. The van der Waals surface area contributed by atoms with Gasteiger partial charge in [0.15, 0.2) is 0 Å². The molecule has 1 atom stereocenters. The fourth-order valence-corrected chi connectivity index (χ4v) is 3.14. The van der Waals surface area contributed by atoms with Crippen LogP contribution < -0.4 is 0 Å². The summed E-state index contributed by atoms with van der Waals surface area (Å²) >= 11 is 0. The Balaban J connectivity index is 1.63. The number of ether oxygens (including phenoxy) is 1. The molecule has 1 aliphatic heterocycles. The van der Waals surface area contributed by atoms with E-state index in [2.05, 4.69) is 0 Å². The summed E-state index contributed by atoms with van der Waals surface area (Å²) in [5.41, 5.74) is 1.01. The number of amides is 1. The van der Waals surface area contributed by atoms with Crippen molar-refractivity contribution in [2.75, 3.05) is 19.8 Å². The van der Waals surface area contributed by atoms with Gasteiger partial charge in [-0.3, -0.25) is 4.79 Å². The van der Waals surface area contributed by atoms with Gasteiger partial charge >= 0.3 is 5.97 Å². The van der Waals surface area contributed by atoms with Crippen molar-refractivity contribution < 1.29 is 19.4 Å². The third-order valence-electron chi connectivity index (χ3n) is 4.51. The Kier molecular flexibility index (Phi) is 4.43. The summed E-state index contributed by atoms with van der Waals surface area (Å²) in [6.45, 7) is 1.89. The molecule has 118 valence electrons. The van der Waals surface area contributed by atoms with Crippen LogP contribution >= 0.6 is 0 Å². The van der Waals surface area contributed by atoms with Crippen molar-refractivity contribution in [2.24, 2.45) is 5.92 Å². The maximum Gasteiger partial charge on any atom is 0.335 e. The van der Waals surface area contributed by atoms with E-state index in [1.165, 1.54) is 12.8 Å². The zero-order valence-electron chi connectivity index (χ0n) is 12.5. The van der Waals surface area contributed by atoms with Gasteiger partial charge in [-0.2, -0.15) is 0 Å². The number of rotatable bonds is 5. The summed E-state index contributed by atoms with van der Waals surface area (Å²) in [5, 5.41) is 9.19. The van der Waals surface area contributed by atoms with Gasteiger partial charge in [0, 0.05) is 13.0 Å². The van der Waals surface area contributed by atoms with Crippen LogP contribution in [0.3, 0.4) is 0 Å². The molecule has 1 aliphatic carbocycles. The Morgan fingerprint density at radius 1 is 1.27 bits per heavy atom. The third kappa shape index (κ3) is 3.30. The van der Waals surface area contributed by atoms with Crippen LogP contribution in [0.4, 0.5) is 0 Å². The van der Waals surface area contributed by atoms with Gasteiger partial charge in [0.05, 0.1) is 24.8 Å². The quantitative estimate of drug-likeness (QED) is 0.903. The standard InChI is InChI=1S/C17H21NO4/c19-16(18-9-10-22-11-15(18)13-5-6-13)8-7-12-3-1-2-4-14(12)17(20)21/h1-4,13,15H,5-11H2,(H,20,21)/t15-/m1/s1. The fourth-order valence-electron chi connectivity index (χ4n) is 3.14. The minimum absolute atomic E-state index is 0.111. The van der Waals surface area contributed by atoms with Gasteiger partial charge in [0.1, 0.15) is 0 Å². The molecule has 2 aliphatic rings. The van der Waals surface area contributed by atoms with Crippen LogP contribution in [-0.4, -0.2) is 47.7 Å². The number of hydrogen-bond acceptors (Lipinski definition) is 3. The molecule has 1 aromatic carbocycles. The van der Waals surface area contributed by atoms with Crippen molar-refractivity contribution in [2.45, 2.75) is 31.7 Å². The van der Waals surface area contributed by atoms with Crippen LogP contribution in [0.1, 0.15) is 35.2 Å². The van der Waals surface area contributed by atoms with Gasteiger partial charge < -0.3 is 14.7 Å². The molecule has 5 nitrogen and oxygen atoms in total. The number of carbonyl (C=O) groups is 2. The second-order valence-electron chi connectivity index (χ2n) is 6.03. The Morgan fingerprint density at radius 3 is 2.77 bits per heavy atom. The Morgan fingerprint density at radius 2 is 2.05 bits per heavy atom. The molecule has 1 heterocycles. The summed E-state index contributed by atoms with van der Waals surface area (Å²) in [7, 11) is 0. The van der Waals surface area contributed by atoms with Crippen molar-refractivity contribution in [3.05, 3.63) is 35.4 Å². The normalized spacial score (nSPS) is 21.6. The smallest absolute Gasteiger partial charge is 0.335 e. The van der Waals surface area contributed by atoms with Crippen molar-refractivity contribution >= 4 is 11.9 Å². The first kappa shape index (κ1) is 15.0. The van der Waals surface area contributed by atoms with Crippen molar-refractivity contribution in [3.8, 4) is 0 Å². The molecule has 3 rings (SSSR count). The molecule has 0 aromatic heterocycles.